The highest BCUT2D eigenvalue weighted by Gasteiger charge is 2.33. The Morgan fingerprint density at radius 3 is 2.70 bits per heavy atom. The molecule has 7 heteroatoms. The second-order valence-electron chi connectivity index (χ2n) is 7.20. The quantitative estimate of drug-likeness (QED) is 0.729. The highest BCUT2D eigenvalue weighted by atomic mass is 32.2. The number of benzene rings is 1. The lowest BCUT2D eigenvalue weighted by Crippen LogP contribution is -2.31. The summed E-state index contributed by atoms with van der Waals surface area (Å²) in [6.45, 7) is 5.85. The minimum Gasteiger partial charge on any atom is -0.489 e. The van der Waals surface area contributed by atoms with Gasteiger partial charge in [-0.1, -0.05) is 18.2 Å². The van der Waals surface area contributed by atoms with E-state index in [-0.39, 0.29) is 6.10 Å². The summed E-state index contributed by atoms with van der Waals surface area (Å²) in [6.07, 6.45) is 2.27. The van der Waals surface area contributed by atoms with Crippen LogP contribution in [0.5, 0.6) is 5.75 Å². The lowest BCUT2D eigenvalue weighted by atomic mass is 10.2. The van der Waals surface area contributed by atoms with E-state index in [9.17, 15) is 8.42 Å². The van der Waals surface area contributed by atoms with Crippen molar-refractivity contribution in [3.63, 3.8) is 0 Å². The molecule has 0 bridgehead atoms. The van der Waals surface area contributed by atoms with E-state index in [0.29, 0.717) is 30.4 Å². The maximum Gasteiger partial charge on any atom is 0.243 e. The number of sulfonamides is 1. The zero-order valence-corrected chi connectivity index (χ0v) is 16.9. The molecule has 1 fully saturated rings. The molecule has 1 aliphatic rings. The smallest absolute Gasteiger partial charge is 0.243 e. The molecule has 1 aromatic carbocycles. The number of pyridine rings is 1. The molecule has 27 heavy (non-hydrogen) atoms. The molecule has 146 valence electrons. The van der Waals surface area contributed by atoms with Gasteiger partial charge < -0.3 is 4.74 Å². The van der Waals surface area contributed by atoms with Crippen LogP contribution in [-0.4, -0.2) is 54.9 Å². The summed E-state index contributed by atoms with van der Waals surface area (Å²) in [5.41, 5.74) is 0.940. The lowest BCUT2D eigenvalue weighted by Gasteiger charge is -2.21. The fraction of sp³-hybridized carbons (Fsp3) is 0.450. The van der Waals surface area contributed by atoms with Crippen molar-refractivity contribution < 1.29 is 13.2 Å². The molecule has 1 atom stereocenters. The monoisotopic (exact) mass is 389 g/mol. The first-order chi connectivity index (χ1) is 12.9. The summed E-state index contributed by atoms with van der Waals surface area (Å²) >= 11 is 0. The van der Waals surface area contributed by atoms with Crippen LogP contribution in [0.3, 0.4) is 0 Å². The number of aromatic nitrogens is 1. The minimum atomic E-state index is -3.46. The maximum atomic E-state index is 12.7. The Hall–Kier alpha value is -1.96. The van der Waals surface area contributed by atoms with Gasteiger partial charge in [0, 0.05) is 31.4 Å². The average molecular weight is 390 g/mol. The van der Waals surface area contributed by atoms with Crippen molar-refractivity contribution in [1.82, 2.24) is 14.2 Å². The highest BCUT2D eigenvalue weighted by molar-refractivity contribution is 7.89. The molecule has 1 saturated heterocycles. The standard InChI is InChI=1S/C20H27N3O3S/c1-16(2)22(3)14-17-13-18(9-11-21-17)26-19-10-12-23(15-19)27(24,25)20-7-5-4-6-8-20/h4-9,11,13,16,19H,10,12,14-15H2,1-3H3. The molecular weight excluding hydrogens is 362 g/mol. The summed E-state index contributed by atoms with van der Waals surface area (Å²) in [5.74, 6) is 0.737. The van der Waals surface area contributed by atoms with Gasteiger partial charge >= 0.3 is 0 Å². The summed E-state index contributed by atoms with van der Waals surface area (Å²) in [6, 6.07) is 12.7. The Morgan fingerprint density at radius 1 is 1.26 bits per heavy atom. The van der Waals surface area contributed by atoms with Crippen LogP contribution in [0.2, 0.25) is 0 Å². The van der Waals surface area contributed by atoms with Gasteiger partial charge in [-0.2, -0.15) is 4.31 Å². The molecule has 1 aromatic heterocycles. The van der Waals surface area contributed by atoms with Crippen molar-refractivity contribution in [2.45, 2.75) is 43.9 Å². The van der Waals surface area contributed by atoms with Gasteiger partial charge in [-0.3, -0.25) is 9.88 Å². The van der Waals surface area contributed by atoms with Gasteiger partial charge in [-0.25, -0.2) is 8.42 Å². The second kappa shape index (κ2) is 8.37. The van der Waals surface area contributed by atoms with Crippen LogP contribution >= 0.6 is 0 Å². The van der Waals surface area contributed by atoms with Crippen molar-refractivity contribution in [2.75, 3.05) is 20.1 Å². The third-order valence-electron chi connectivity index (χ3n) is 4.87. The van der Waals surface area contributed by atoms with Gasteiger partial charge in [0.25, 0.3) is 0 Å². The van der Waals surface area contributed by atoms with E-state index in [1.807, 2.05) is 18.2 Å². The van der Waals surface area contributed by atoms with Gasteiger partial charge in [0.2, 0.25) is 10.0 Å². The maximum absolute atomic E-state index is 12.7. The predicted octanol–water partition coefficient (Wildman–Crippen LogP) is 2.76. The van der Waals surface area contributed by atoms with E-state index in [1.54, 1.807) is 30.5 Å². The van der Waals surface area contributed by atoms with E-state index in [0.717, 1.165) is 18.0 Å². The predicted molar refractivity (Wildman–Crippen MR) is 105 cm³/mol. The fourth-order valence-electron chi connectivity index (χ4n) is 3.00. The van der Waals surface area contributed by atoms with Crippen molar-refractivity contribution in [2.24, 2.45) is 0 Å². The van der Waals surface area contributed by atoms with Crippen molar-refractivity contribution >= 4 is 10.0 Å². The SMILES string of the molecule is CC(C)N(C)Cc1cc(OC2CCN(S(=O)(=O)c3ccccc3)C2)ccn1. The Balaban J connectivity index is 1.63. The zero-order chi connectivity index (χ0) is 19.4. The highest BCUT2D eigenvalue weighted by Crippen LogP contribution is 2.24. The van der Waals surface area contributed by atoms with E-state index in [1.165, 1.54) is 4.31 Å². The van der Waals surface area contributed by atoms with Crippen molar-refractivity contribution in [1.29, 1.82) is 0 Å². The van der Waals surface area contributed by atoms with E-state index >= 15 is 0 Å². The number of hydrogen-bond donors (Lipinski definition) is 0. The summed E-state index contributed by atoms with van der Waals surface area (Å²) < 4.78 is 33.0. The van der Waals surface area contributed by atoms with Crippen molar-refractivity contribution in [3.8, 4) is 5.75 Å². The van der Waals surface area contributed by atoms with Crippen LogP contribution in [0.25, 0.3) is 0 Å². The molecule has 1 unspecified atom stereocenters. The first-order valence-corrected chi connectivity index (χ1v) is 10.7. The minimum absolute atomic E-state index is 0.151. The average Bonchev–Trinajstić information content (AvgIpc) is 3.12. The third-order valence-corrected chi connectivity index (χ3v) is 6.75. The molecule has 0 N–H and O–H groups in total. The van der Waals surface area contributed by atoms with Gasteiger partial charge in [0.15, 0.2) is 0 Å². The topological polar surface area (TPSA) is 62.7 Å². The fourth-order valence-corrected chi connectivity index (χ4v) is 4.51. The first kappa shape index (κ1) is 19.8. The molecule has 0 spiro atoms. The Bertz CT molecular complexity index is 856. The van der Waals surface area contributed by atoms with Gasteiger partial charge in [0.1, 0.15) is 11.9 Å². The van der Waals surface area contributed by atoms with Crippen LogP contribution in [0, 0.1) is 0 Å². The normalized spacial score (nSPS) is 18.3. The molecule has 2 heterocycles. The molecule has 1 aliphatic heterocycles. The largest absolute Gasteiger partial charge is 0.489 e. The molecule has 0 aliphatic carbocycles. The van der Waals surface area contributed by atoms with Gasteiger partial charge in [0.05, 0.1) is 17.1 Å². The number of ether oxygens (including phenoxy) is 1. The summed E-state index contributed by atoms with van der Waals surface area (Å²) in [5, 5.41) is 0. The molecule has 3 rings (SSSR count). The number of nitrogens with zero attached hydrogens (tertiary/aromatic N) is 3. The molecular formula is C20H27N3O3S. The lowest BCUT2D eigenvalue weighted by molar-refractivity contribution is 0.214. The molecule has 2 aromatic rings. The summed E-state index contributed by atoms with van der Waals surface area (Å²) in [4.78, 5) is 6.93. The molecule has 0 amide bonds. The number of hydrogen-bond acceptors (Lipinski definition) is 5. The van der Waals surface area contributed by atoms with Crippen LogP contribution in [0.1, 0.15) is 26.0 Å². The Morgan fingerprint density at radius 2 is 2.00 bits per heavy atom. The van der Waals surface area contributed by atoms with Crippen LogP contribution < -0.4 is 4.74 Å². The summed E-state index contributed by atoms with van der Waals surface area (Å²) in [7, 11) is -1.40. The molecule has 6 nitrogen and oxygen atoms in total. The van der Waals surface area contributed by atoms with Crippen LogP contribution in [0.4, 0.5) is 0 Å². The first-order valence-electron chi connectivity index (χ1n) is 9.23. The number of rotatable bonds is 7. The van der Waals surface area contributed by atoms with Crippen molar-refractivity contribution in [3.05, 3.63) is 54.4 Å². The van der Waals surface area contributed by atoms with E-state index < -0.39 is 10.0 Å². The molecule has 0 radical (unpaired) electrons. The molecule has 0 saturated carbocycles. The third kappa shape index (κ3) is 4.86. The van der Waals surface area contributed by atoms with Crippen LogP contribution in [0.15, 0.2) is 53.6 Å². The Kier molecular flexibility index (Phi) is 6.14. The Labute approximate surface area is 161 Å². The van der Waals surface area contributed by atoms with Crippen LogP contribution in [-0.2, 0) is 16.6 Å². The second-order valence-corrected chi connectivity index (χ2v) is 9.13. The van der Waals surface area contributed by atoms with Gasteiger partial charge in [-0.05, 0) is 45.5 Å². The van der Waals surface area contributed by atoms with E-state index in [2.05, 4.69) is 30.8 Å². The van der Waals surface area contributed by atoms with E-state index in [4.69, 9.17) is 4.74 Å². The van der Waals surface area contributed by atoms with Gasteiger partial charge in [-0.15, -0.1) is 0 Å². The zero-order valence-electron chi connectivity index (χ0n) is 16.1.